The van der Waals surface area contributed by atoms with Crippen LogP contribution in [0.4, 0.5) is 0 Å². The van der Waals surface area contributed by atoms with Gasteiger partial charge in [-0.15, -0.1) is 0 Å². The molecule has 0 aromatic carbocycles. The molecule has 3 nitrogen and oxygen atoms in total. The Morgan fingerprint density at radius 2 is 2.14 bits per heavy atom. The van der Waals surface area contributed by atoms with Crippen molar-refractivity contribution < 1.29 is 4.79 Å². The summed E-state index contributed by atoms with van der Waals surface area (Å²) in [4.78, 5) is 13.0. The highest BCUT2D eigenvalue weighted by molar-refractivity contribution is 5.86. The molecule has 0 rings (SSSR count). The Morgan fingerprint density at radius 1 is 1.50 bits per heavy atom. The fourth-order valence-corrected chi connectivity index (χ4v) is 1.14. The van der Waals surface area contributed by atoms with Crippen LogP contribution in [0.1, 0.15) is 19.8 Å². The smallest absolute Gasteiger partial charge is 0.243 e. The molecule has 14 heavy (non-hydrogen) atoms. The third-order valence-electron chi connectivity index (χ3n) is 2.19. The summed E-state index contributed by atoms with van der Waals surface area (Å²) < 4.78 is 0. The Kier molecular flexibility index (Phi) is 7.11. The molecule has 0 aliphatic rings. The van der Waals surface area contributed by atoms with Crippen molar-refractivity contribution in [1.29, 1.82) is 0 Å². The molecule has 0 aromatic rings. The molecule has 1 N–H and O–H groups in total. The van der Waals surface area contributed by atoms with Crippen LogP contribution >= 0.6 is 0 Å². The largest absolute Gasteiger partial charge is 0.353 e. The lowest BCUT2D eigenvalue weighted by atomic mass is 10.0. The zero-order valence-electron chi connectivity index (χ0n) is 9.55. The van der Waals surface area contributed by atoms with Crippen LogP contribution in [0.25, 0.3) is 0 Å². The quantitative estimate of drug-likeness (QED) is 0.625. The van der Waals surface area contributed by atoms with Gasteiger partial charge in [-0.2, -0.15) is 0 Å². The maximum absolute atomic E-state index is 10.8. The van der Waals surface area contributed by atoms with Gasteiger partial charge in [0.25, 0.3) is 0 Å². The number of rotatable bonds is 7. The van der Waals surface area contributed by atoms with Gasteiger partial charge in [-0.05, 0) is 45.5 Å². The molecule has 0 aliphatic heterocycles. The first kappa shape index (κ1) is 13.2. The first-order valence-electron chi connectivity index (χ1n) is 5.11. The lowest BCUT2D eigenvalue weighted by Crippen LogP contribution is -2.24. The molecule has 0 aliphatic carbocycles. The third kappa shape index (κ3) is 7.80. The van der Waals surface area contributed by atoms with Gasteiger partial charge in [-0.3, -0.25) is 4.79 Å². The highest BCUT2D eigenvalue weighted by Gasteiger charge is 2.03. The van der Waals surface area contributed by atoms with Gasteiger partial charge in [0.05, 0.1) is 0 Å². The van der Waals surface area contributed by atoms with Crippen LogP contribution in [0.5, 0.6) is 0 Å². The number of amides is 1. The second-order valence-electron chi connectivity index (χ2n) is 3.98. The number of carbonyl (C=O) groups is 1. The van der Waals surface area contributed by atoms with Crippen LogP contribution in [-0.2, 0) is 4.79 Å². The van der Waals surface area contributed by atoms with E-state index in [1.807, 2.05) is 0 Å². The first-order valence-corrected chi connectivity index (χ1v) is 5.11. The topological polar surface area (TPSA) is 32.3 Å². The molecule has 1 atom stereocenters. The number of hydrogen-bond donors (Lipinski definition) is 1. The Morgan fingerprint density at radius 3 is 2.64 bits per heavy atom. The van der Waals surface area contributed by atoms with Crippen molar-refractivity contribution in [2.24, 2.45) is 5.92 Å². The van der Waals surface area contributed by atoms with E-state index in [4.69, 9.17) is 0 Å². The second-order valence-corrected chi connectivity index (χ2v) is 3.98. The summed E-state index contributed by atoms with van der Waals surface area (Å²) in [5.41, 5.74) is 0. The van der Waals surface area contributed by atoms with Crippen molar-refractivity contribution in [2.45, 2.75) is 19.8 Å². The fraction of sp³-hybridized carbons (Fsp3) is 0.727. The SMILES string of the molecule is C=CC(=O)NCCC(C)CCN(C)C. The maximum atomic E-state index is 10.8. The van der Waals surface area contributed by atoms with Gasteiger partial charge in [0.15, 0.2) is 0 Å². The summed E-state index contributed by atoms with van der Waals surface area (Å²) in [6, 6.07) is 0. The van der Waals surface area contributed by atoms with E-state index in [2.05, 4.69) is 37.8 Å². The zero-order chi connectivity index (χ0) is 11.0. The van der Waals surface area contributed by atoms with Crippen LogP contribution in [0, 0.1) is 5.92 Å². The molecule has 0 spiro atoms. The third-order valence-corrected chi connectivity index (χ3v) is 2.19. The zero-order valence-corrected chi connectivity index (χ0v) is 9.55. The first-order chi connectivity index (χ1) is 6.56. The maximum Gasteiger partial charge on any atom is 0.243 e. The highest BCUT2D eigenvalue weighted by atomic mass is 16.1. The monoisotopic (exact) mass is 198 g/mol. The molecule has 0 radical (unpaired) electrons. The van der Waals surface area contributed by atoms with Crippen LogP contribution in [0.3, 0.4) is 0 Å². The summed E-state index contributed by atoms with van der Waals surface area (Å²) >= 11 is 0. The van der Waals surface area contributed by atoms with Crippen LogP contribution < -0.4 is 5.32 Å². The van der Waals surface area contributed by atoms with E-state index >= 15 is 0 Å². The minimum Gasteiger partial charge on any atom is -0.353 e. The van der Waals surface area contributed by atoms with E-state index in [-0.39, 0.29) is 5.91 Å². The van der Waals surface area contributed by atoms with Crippen molar-refractivity contribution >= 4 is 5.91 Å². The predicted octanol–water partition coefficient (Wildman–Crippen LogP) is 1.27. The van der Waals surface area contributed by atoms with Gasteiger partial charge in [-0.25, -0.2) is 0 Å². The molecular formula is C11H22N2O. The van der Waals surface area contributed by atoms with E-state index in [0.29, 0.717) is 5.92 Å². The van der Waals surface area contributed by atoms with Crippen molar-refractivity contribution in [2.75, 3.05) is 27.2 Å². The van der Waals surface area contributed by atoms with Crippen molar-refractivity contribution in [3.8, 4) is 0 Å². The van der Waals surface area contributed by atoms with E-state index in [1.165, 1.54) is 12.5 Å². The number of carbonyl (C=O) groups excluding carboxylic acids is 1. The van der Waals surface area contributed by atoms with E-state index in [1.54, 1.807) is 0 Å². The fourth-order valence-electron chi connectivity index (χ4n) is 1.14. The normalized spacial score (nSPS) is 12.6. The van der Waals surface area contributed by atoms with Gasteiger partial charge < -0.3 is 10.2 Å². The highest BCUT2D eigenvalue weighted by Crippen LogP contribution is 2.06. The molecule has 82 valence electrons. The summed E-state index contributed by atoms with van der Waals surface area (Å²) in [7, 11) is 4.15. The average Bonchev–Trinajstić information content (AvgIpc) is 2.14. The Balaban J connectivity index is 3.39. The van der Waals surface area contributed by atoms with E-state index < -0.39 is 0 Å². The van der Waals surface area contributed by atoms with E-state index in [0.717, 1.165) is 19.5 Å². The molecule has 0 bridgehead atoms. The van der Waals surface area contributed by atoms with Gasteiger partial charge >= 0.3 is 0 Å². The van der Waals surface area contributed by atoms with Gasteiger partial charge in [0, 0.05) is 6.54 Å². The predicted molar refractivity (Wildman–Crippen MR) is 60.2 cm³/mol. The molecular weight excluding hydrogens is 176 g/mol. The molecule has 0 saturated heterocycles. The van der Waals surface area contributed by atoms with Crippen molar-refractivity contribution in [3.05, 3.63) is 12.7 Å². The van der Waals surface area contributed by atoms with Gasteiger partial charge in [0.2, 0.25) is 5.91 Å². The summed E-state index contributed by atoms with van der Waals surface area (Å²) in [5, 5.41) is 2.78. The molecule has 1 amide bonds. The number of hydrogen-bond acceptors (Lipinski definition) is 2. The van der Waals surface area contributed by atoms with Crippen molar-refractivity contribution in [1.82, 2.24) is 10.2 Å². The Labute approximate surface area is 87.2 Å². The lowest BCUT2D eigenvalue weighted by molar-refractivity contribution is -0.116. The average molecular weight is 198 g/mol. The summed E-state index contributed by atoms with van der Waals surface area (Å²) in [6.45, 7) is 7.47. The molecule has 0 saturated carbocycles. The minimum absolute atomic E-state index is 0.0789. The van der Waals surface area contributed by atoms with Crippen LogP contribution in [0.2, 0.25) is 0 Å². The Hall–Kier alpha value is -0.830. The van der Waals surface area contributed by atoms with Gasteiger partial charge in [-0.1, -0.05) is 13.5 Å². The van der Waals surface area contributed by atoms with Crippen LogP contribution in [0.15, 0.2) is 12.7 Å². The molecule has 0 fully saturated rings. The number of nitrogens with zero attached hydrogens (tertiary/aromatic N) is 1. The molecule has 0 aromatic heterocycles. The summed E-state index contributed by atoms with van der Waals surface area (Å²) in [6.07, 6.45) is 3.52. The molecule has 1 unspecified atom stereocenters. The molecule has 3 heteroatoms. The second kappa shape index (κ2) is 7.56. The lowest BCUT2D eigenvalue weighted by Gasteiger charge is -2.14. The van der Waals surface area contributed by atoms with Crippen LogP contribution in [-0.4, -0.2) is 38.0 Å². The van der Waals surface area contributed by atoms with E-state index in [9.17, 15) is 4.79 Å². The molecule has 0 heterocycles. The standard InChI is InChI=1S/C11H22N2O/c1-5-11(14)12-8-6-10(2)7-9-13(3)4/h5,10H,1,6-9H2,2-4H3,(H,12,14). The minimum atomic E-state index is -0.0789. The van der Waals surface area contributed by atoms with Crippen molar-refractivity contribution in [3.63, 3.8) is 0 Å². The Bertz CT molecular complexity index is 178. The number of nitrogens with one attached hydrogen (secondary N) is 1. The summed E-state index contributed by atoms with van der Waals surface area (Å²) in [5.74, 6) is 0.576. The van der Waals surface area contributed by atoms with Gasteiger partial charge in [0.1, 0.15) is 0 Å².